The van der Waals surface area contributed by atoms with Crippen molar-refractivity contribution in [1.29, 1.82) is 0 Å². The van der Waals surface area contributed by atoms with E-state index < -0.39 is 17.3 Å². The number of hydrogen-bond acceptors (Lipinski definition) is 5. The number of nitrogens with zero attached hydrogens (tertiary/aromatic N) is 2. The van der Waals surface area contributed by atoms with Crippen LogP contribution in [0.5, 0.6) is 5.75 Å². The molecule has 0 amide bonds. The van der Waals surface area contributed by atoms with Crippen LogP contribution in [0.25, 0.3) is 22.6 Å². The number of carbonyl (C=O) groups is 1. The molecule has 0 bridgehead atoms. The maximum absolute atomic E-state index is 14.7. The van der Waals surface area contributed by atoms with Crippen LogP contribution in [-0.2, 0) is 4.79 Å². The van der Waals surface area contributed by atoms with Crippen molar-refractivity contribution in [3.05, 3.63) is 59.4 Å². The van der Waals surface area contributed by atoms with Crippen molar-refractivity contribution in [1.82, 2.24) is 9.97 Å². The summed E-state index contributed by atoms with van der Waals surface area (Å²) in [6.45, 7) is 1.95. The molecule has 1 aliphatic carbocycles. The first-order valence-electron chi connectivity index (χ1n) is 9.87. The number of aliphatic carboxylic acids is 1. The zero-order valence-corrected chi connectivity index (χ0v) is 17.8. The van der Waals surface area contributed by atoms with E-state index in [4.69, 9.17) is 16.3 Å². The van der Waals surface area contributed by atoms with Gasteiger partial charge in [-0.25, -0.2) is 19.2 Å². The second-order valence-electron chi connectivity index (χ2n) is 7.53. The van der Waals surface area contributed by atoms with E-state index >= 15 is 0 Å². The van der Waals surface area contributed by atoms with E-state index in [-0.39, 0.29) is 11.5 Å². The third-order valence-corrected chi connectivity index (χ3v) is 5.86. The van der Waals surface area contributed by atoms with Gasteiger partial charge in [0.1, 0.15) is 22.9 Å². The summed E-state index contributed by atoms with van der Waals surface area (Å²) in [7, 11) is 1.50. The molecular weight excluding hydrogens is 421 g/mol. The molecule has 31 heavy (non-hydrogen) atoms. The van der Waals surface area contributed by atoms with Crippen LogP contribution in [0.4, 0.5) is 10.2 Å². The van der Waals surface area contributed by atoms with Gasteiger partial charge in [-0.1, -0.05) is 24.9 Å². The van der Waals surface area contributed by atoms with Crippen LogP contribution >= 0.6 is 11.6 Å². The van der Waals surface area contributed by atoms with Gasteiger partial charge in [-0.2, -0.15) is 0 Å². The molecule has 160 valence electrons. The second kappa shape index (κ2) is 8.15. The van der Waals surface area contributed by atoms with Gasteiger partial charge in [0.2, 0.25) is 0 Å². The lowest BCUT2D eigenvalue weighted by Crippen LogP contribution is -2.34. The second-order valence-corrected chi connectivity index (χ2v) is 7.96. The Kier molecular flexibility index (Phi) is 5.54. The van der Waals surface area contributed by atoms with E-state index in [0.29, 0.717) is 40.1 Å². The van der Waals surface area contributed by atoms with Crippen molar-refractivity contribution in [3.63, 3.8) is 0 Å². The third-order valence-electron chi connectivity index (χ3n) is 5.61. The van der Waals surface area contributed by atoms with Crippen molar-refractivity contribution in [2.75, 3.05) is 12.4 Å². The number of nitrogens with one attached hydrogen (secondary N) is 1. The highest BCUT2D eigenvalue weighted by molar-refractivity contribution is 6.30. The van der Waals surface area contributed by atoms with Crippen molar-refractivity contribution >= 4 is 23.4 Å². The maximum atomic E-state index is 14.7. The lowest BCUT2D eigenvalue weighted by atomic mass is 10.1. The number of aromatic nitrogens is 2. The lowest BCUT2D eigenvalue weighted by molar-refractivity contribution is -0.139. The van der Waals surface area contributed by atoms with E-state index in [2.05, 4.69) is 15.3 Å². The number of ether oxygens (including phenoxy) is 1. The monoisotopic (exact) mass is 441 g/mol. The highest BCUT2D eigenvalue weighted by atomic mass is 35.5. The van der Waals surface area contributed by atoms with Crippen LogP contribution in [0.1, 0.15) is 19.8 Å². The smallest absolute Gasteiger partial charge is 0.329 e. The van der Waals surface area contributed by atoms with Gasteiger partial charge in [-0.3, -0.25) is 0 Å². The summed E-state index contributed by atoms with van der Waals surface area (Å²) in [6, 6.07) is 12.9. The Morgan fingerprint density at radius 1 is 1.26 bits per heavy atom. The normalized spacial score (nSPS) is 19.7. The Balaban J connectivity index is 1.84. The number of methoxy groups -OCH3 is 1. The highest BCUT2D eigenvalue weighted by Gasteiger charge is 2.60. The fourth-order valence-electron chi connectivity index (χ4n) is 3.72. The predicted molar refractivity (Wildman–Crippen MR) is 117 cm³/mol. The lowest BCUT2D eigenvalue weighted by Gasteiger charge is -2.17. The van der Waals surface area contributed by atoms with E-state index in [1.165, 1.54) is 19.2 Å². The van der Waals surface area contributed by atoms with Crippen LogP contribution in [0, 0.1) is 11.7 Å². The van der Waals surface area contributed by atoms with Crippen LogP contribution in [0.2, 0.25) is 5.02 Å². The SMILES string of the molecule is CCC1CC1(Nc1cc(-c2cc(OC)ccc2F)nc(-c2ccc(Cl)cc2)n1)C(=O)O. The molecule has 6 nitrogen and oxygen atoms in total. The third kappa shape index (κ3) is 4.05. The fraction of sp³-hybridized carbons (Fsp3) is 0.261. The molecule has 8 heteroatoms. The molecule has 0 aliphatic heterocycles. The van der Waals surface area contributed by atoms with Crippen LogP contribution in [0.15, 0.2) is 48.5 Å². The first-order chi connectivity index (χ1) is 14.9. The van der Waals surface area contributed by atoms with E-state index in [0.717, 1.165) is 6.42 Å². The topological polar surface area (TPSA) is 84.3 Å². The van der Waals surface area contributed by atoms with Crippen LogP contribution < -0.4 is 10.1 Å². The number of benzene rings is 2. The van der Waals surface area contributed by atoms with Crippen molar-refractivity contribution in [3.8, 4) is 28.4 Å². The summed E-state index contributed by atoms with van der Waals surface area (Å²) in [4.78, 5) is 21.0. The summed E-state index contributed by atoms with van der Waals surface area (Å²) >= 11 is 5.99. The molecule has 1 heterocycles. The van der Waals surface area contributed by atoms with Gasteiger partial charge in [0.05, 0.1) is 12.8 Å². The number of rotatable bonds is 7. The van der Waals surface area contributed by atoms with E-state index in [9.17, 15) is 14.3 Å². The minimum absolute atomic E-state index is 0.00375. The average molecular weight is 442 g/mol. The molecule has 0 spiro atoms. The molecule has 0 saturated heterocycles. The minimum atomic E-state index is -1.08. The summed E-state index contributed by atoms with van der Waals surface area (Å²) in [5.41, 5.74) is 0.134. The van der Waals surface area contributed by atoms with Crippen molar-refractivity contribution < 1.29 is 19.0 Å². The summed E-state index contributed by atoms with van der Waals surface area (Å²) in [6.07, 6.45) is 1.23. The molecule has 4 rings (SSSR count). The molecule has 2 unspecified atom stereocenters. The summed E-state index contributed by atoms with van der Waals surface area (Å²) in [5.74, 6) is -0.286. The molecule has 2 aromatic carbocycles. The Morgan fingerprint density at radius 3 is 2.61 bits per heavy atom. The van der Waals surface area contributed by atoms with E-state index in [1.54, 1.807) is 36.4 Å². The van der Waals surface area contributed by atoms with E-state index in [1.807, 2.05) is 6.92 Å². The summed E-state index contributed by atoms with van der Waals surface area (Å²) < 4.78 is 19.9. The fourth-order valence-corrected chi connectivity index (χ4v) is 3.85. The van der Waals surface area contributed by atoms with Gasteiger partial charge in [0, 0.05) is 22.2 Å². The molecule has 0 radical (unpaired) electrons. The van der Waals surface area contributed by atoms with Gasteiger partial charge in [0.25, 0.3) is 0 Å². The Hall–Kier alpha value is -3.19. The van der Waals surface area contributed by atoms with Gasteiger partial charge in [-0.05, 0) is 54.8 Å². The molecule has 1 aliphatic rings. The standard InChI is InChI=1S/C23H21ClFN3O3/c1-3-14-12-23(14,22(29)30)28-20-11-19(17-10-16(31-2)8-9-18(17)25)26-21(27-20)13-4-6-15(24)7-5-13/h4-11,14H,3,12H2,1-2H3,(H,29,30)(H,26,27,28). The maximum Gasteiger partial charge on any atom is 0.329 e. The molecule has 1 aromatic heterocycles. The highest BCUT2D eigenvalue weighted by Crippen LogP contribution is 2.48. The van der Waals surface area contributed by atoms with Crippen molar-refractivity contribution in [2.24, 2.45) is 5.92 Å². The average Bonchev–Trinajstić information content (AvgIpc) is 3.48. The number of hydrogen-bond donors (Lipinski definition) is 2. The van der Waals surface area contributed by atoms with Crippen LogP contribution in [-0.4, -0.2) is 33.7 Å². The van der Waals surface area contributed by atoms with Crippen molar-refractivity contribution in [2.45, 2.75) is 25.3 Å². The zero-order chi connectivity index (χ0) is 22.2. The Bertz CT molecular complexity index is 1140. The molecule has 1 saturated carbocycles. The first kappa shape index (κ1) is 21.1. The largest absolute Gasteiger partial charge is 0.497 e. The quantitative estimate of drug-likeness (QED) is 0.519. The molecule has 2 N–H and O–H groups in total. The van der Waals surface area contributed by atoms with Crippen LogP contribution in [0.3, 0.4) is 0 Å². The number of carboxylic acids is 1. The minimum Gasteiger partial charge on any atom is -0.497 e. The number of carboxylic acid groups (broad SMARTS) is 1. The molecular formula is C23H21ClFN3O3. The molecule has 3 aromatic rings. The van der Waals surface area contributed by atoms with Gasteiger partial charge in [0.15, 0.2) is 5.82 Å². The molecule has 2 atom stereocenters. The van der Waals surface area contributed by atoms with Gasteiger partial charge in [-0.15, -0.1) is 0 Å². The first-order valence-corrected chi connectivity index (χ1v) is 10.2. The molecule has 1 fully saturated rings. The number of anilines is 1. The zero-order valence-electron chi connectivity index (χ0n) is 17.0. The van der Waals surface area contributed by atoms with Gasteiger partial charge < -0.3 is 15.2 Å². The Labute approximate surface area is 184 Å². The van der Waals surface area contributed by atoms with Gasteiger partial charge >= 0.3 is 5.97 Å². The summed E-state index contributed by atoms with van der Waals surface area (Å²) in [5, 5.41) is 13.4. The predicted octanol–water partition coefficient (Wildman–Crippen LogP) is 5.28. The Morgan fingerprint density at radius 2 is 2.00 bits per heavy atom. The number of halogens is 2.